The number of halogens is 4. The van der Waals surface area contributed by atoms with Crippen molar-refractivity contribution in [3.63, 3.8) is 0 Å². The average Bonchev–Trinajstić information content (AvgIpc) is 2.28. The first-order valence-corrected chi connectivity index (χ1v) is 5.55. The molecule has 1 unspecified atom stereocenters. The first-order valence-electron chi connectivity index (χ1n) is 5.55. The van der Waals surface area contributed by atoms with E-state index in [-0.39, 0.29) is 11.5 Å². The summed E-state index contributed by atoms with van der Waals surface area (Å²) in [6.45, 7) is 3.68. The van der Waals surface area contributed by atoms with Crippen LogP contribution in [0, 0.1) is 11.7 Å². The fourth-order valence-corrected chi connectivity index (χ4v) is 1.53. The molecule has 0 radical (unpaired) electrons. The largest absolute Gasteiger partial charge is 0.573 e. The predicted octanol–water partition coefficient (Wildman–Crippen LogP) is 3.77. The number of ether oxygens (including phenoxy) is 1. The lowest BCUT2D eigenvalue weighted by Crippen LogP contribution is -2.21. The highest BCUT2D eigenvalue weighted by Gasteiger charge is 2.31. The van der Waals surface area contributed by atoms with E-state index >= 15 is 0 Å². The molecule has 1 rings (SSSR count). The Balaban J connectivity index is 3.01. The monoisotopic (exact) mass is 265 g/mol. The van der Waals surface area contributed by atoms with Crippen LogP contribution in [-0.2, 0) is 0 Å². The summed E-state index contributed by atoms with van der Waals surface area (Å²) in [5.41, 5.74) is 5.84. The molecule has 2 atom stereocenters. The van der Waals surface area contributed by atoms with Gasteiger partial charge in [0.1, 0.15) is 11.6 Å². The maximum absolute atomic E-state index is 13.5. The molecule has 0 fully saturated rings. The summed E-state index contributed by atoms with van der Waals surface area (Å²) >= 11 is 0. The Morgan fingerprint density at radius 2 is 1.94 bits per heavy atom. The summed E-state index contributed by atoms with van der Waals surface area (Å²) in [5.74, 6) is -1.13. The molecule has 2 nitrogen and oxygen atoms in total. The molecule has 0 aliphatic rings. The molecular formula is C12H15F4NO. The van der Waals surface area contributed by atoms with Gasteiger partial charge in [0.25, 0.3) is 0 Å². The van der Waals surface area contributed by atoms with Crippen molar-refractivity contribution in [1.29, 1.82) is 0 Å². The molecule has 0 saturated heterocycles. The third kappa shape index (κ3) is 3.87. The highest BCUT2D eigenvalue weighted by atomic mass is 19.4. The van der Waals surface area contributed by atoms with Gasteiger partial charge in [-0.15, -0.1) is 13.2 Å². The lowest BCUT2D eigenvalue weighted by molar-refractivity contribution is -0.274. The number of rotatable bonds is 4. The number of nitrogens with two attached hydrogens (primary N) is 1. The second-order valence-corrected chi connectivity index (χ2v) is 4.14. The summed E-state index contributed by atoms with van der Waals surface area (Å²) in [6.07, 6.45) is -4.10. The van der Waals surface area contributed by atoms with Crippen molar-refractivity contribution in [2.45, 2.75) is 32.7 Å². The van der Waals surface area contributed by atoms with Crippen LogP contribution in [0.2, 0.25) is 0 Å². The predicted molar refractivity (Wildman–Crippen MR) is 59.5 cm³/mol. The van der Waals surface area contributed by atoms with E-state index in [4.69, 9.17) is 5.73 Å². The van der Waals surface area contributed by atoms with E-state index in [0.717, 1.165) is 18.2 Å². The molecule has 0 saturated carbocycles. The minimum absolute atomic E-state index is 0.0334. The van der Waals surface area contributed by atoms with Crippen molar-refractivity contribution in [1.82, 2.24) is 0 Å². The van der Waals surface area contributed by atoms with Crippen molar-refractivity contribution in [3.8, 4) is 5.75 Å². The molecule has 0 spiro atoms. The second-order valence-electron chi connectivity index (χ2n) is 4.14. The Bertz CT molecular complexity index is 406. The molecule has 0 amide bonds. The molecule has 0 aliphatic heterocycles. The quantitative estimate of drug-likeness (QED) is 0.841. The molecule has 2 N–H and O–H groups in total. The van der Waals surface area contributed by atoms with Crippen LogP contribution >= 0.6 is 0 Å². The maximum Gasteiger partial charge on any atom is 0.573 e. The average molecular weight is 265 g/mol. The molecule has 0 heterocycles. The number of hydrogen-bond donors (Lipinski definition) is 1. The zero-order chi connectivity index (χ0) is 13.9. The maximum atomic E-state index is 13.5. The van der Waals surface area contributed by atoms with E-state index in [1.54, 1.807) is 6.92 Å². The van der Waals surface area contributed by atoms with Crippen molar-refractivity contribution in [3.05, 3.63) is 29.6 Å². The molecule has 0 aromatic heterocycles. The molecule has 0 bridgehead atoms. The summed E-state index contributed by atoms with van der Waals surface area (Å²) in [7, 11) is 0. The third-order valence-electron chi connectivity index (χ3n) is 2.82. The molecule has 18 heavy (non-hydrogen) atoms. The Hall–Kier alpha value is -1.30. The Morgan fingerprint density at radius 3 is 2.44 bits per heavy atom. The summed E-state index contributed by atoms with van der Waals surface area (Å²) in [5, 5.41) is 0. The van der Waals surface area contributed by atoms with E-state index in [1.807, 2.05) is 6.92 Å². The summed E-state index contributed by atoms with van der Waals surface area (Å²) in [6, 6.07) is 2.19. The van der Waals surface area contributed by atoms with Gasteiger partial charge in [-0.3, -0.25) is 0 Å². The molecule has 1 aromatic carbocycles. The van der Waals surface area contributed by atoms with Gasteiger partial charge < -0.3 is 10.5 Å². The van der Waals surface area contributed by atoms with Gasteiger partial charge in [0.2, 0.25) is 0 Å². The number of hydrogen-bond acceptors (Lipinski definition) is 2. The van der Waals surface area contributed by atoms with Crippen molar-refractivity contribution in [2.75, 3.05) is 0 Å². The van der Waals surface area contributed by atoms with Crippen LogP contribution in [-0.4, -0.2) is 6.36 Å². The molecule has 102 valence electrons. The molecular weight excluding hydrogens is 250 g/mol. The van der Waals surface area contributed by atoms with E-state index in [9.17, 15) is 17.6 Å². The van der Waals surface area contributed by atoms with Gasteiger partial charge in [0.15, 0.2) is 0 Å². The van der Waals surface area contributed by atoms with Crippen LogP contribution in [0.1, 0.15) is 31.9 Å². The fourth-order valence-electron chi connectivity index (χ4n) is 1.53. The lowest BCUT2D eigenvalue weighted by atomic mass is 9.93. The SMILES string of the molecule is CCC(C)[C@H](N)c1cc(OC(F)(F)F)ccc1F. The Morgan fingerprint density at radius 1 is 1.33 bits per heavy atom. The molecule has 6 heteroatoms. The van der Waals surface area contributed by atoms with E-state index in [1.165, 1.54) is 0 Å². The van der Waals surface area contributed by atoms with Crippen LogP contribution in [0.4, 0.5) is 17.6 Å². The zero-order valence-electron chi connectivity index (χ0n) is 10.1. The molecule has 1 aromatic rings. The number of benzene rings is 1. The first kappa shape index (κ1) is 14.8. The summed E-state index contributed by atoms with van der Waals surface area (Å²) < 4.78 is 53.4. The van der Waals surface area contributed by atoms with Crippen LogP contribution in [0.5, 0.6) is 5.75 Å². The first-order chi connectivity index (χ1) is 8.24. The van der Waals surface area contributed by atoms with E-state index < -0.39 is 24.0 Å². The topological polar surface area (TPSA) is 35.2 Å². The highest BCUT2D eigenvalue weighted by molar-refractivity contribution is 5.32. The van der Waals surface area contributed by atoms with Crippen LogP contribution in [0.3, 0.4) is 0 Å². The van der Waals surface area contributed by atoms with Gasteiger partial charge in [-0.05, 0) is 24.1 Å². The van der Waals surface area contributed by atoms with Gasteiger partial charge in [0.05, 0.1) is 0 Å². The lowest BCUT2D eigenvalue weighted by Gasteiger charge is -2.20. The van der Waals surface area contributed by atoms with Crippen LogP contribution in [0.25, 0.3) is 0 Å². The zero-order valence-corrected chi connectivity index (χ0v) is 10.1. The van der Waals surface area contributed by atoms with Crippen molar-refractivity contribution in [2.24, 2.45) is 11.7 Å². The van der Waals surface area contributed by atoms with Gasteiger partial charge >= 0.3 is 6.36 Å². The van der Waals surface area contributed by atoms with E-state index in [2.05, 4.69) is 4.74 Å². The standard InChI is InChI=1S/C12H15F4NO/c1-3-7(2)11(17)9-6-8(4-5-10(9)13)18-12(14,15)16/h4-7,11H,3,17H2,1-2H3/t7?,11-/m0/s1. The van der Waals surface area contributed by atoms with E-state index in [0.29, 0.717) is 6.42 Å². The molecule has 0 aliphatic carbocycles. The second kappa shape index (κ2) is 5.56. The highest BCUT2D eigenvalue weighted by Crippen LogP contribution is 2.30. The van der Waals surface area contributed by atoms with Gasteiger partial charge in [-0.25, -0.2) is 4.39 Å². The minimum atomic E-state index is -4.80. The van der Waals surface area contributed by atoms with Crippen LogP contribution in [0.15, 0.2) is 18.2 Å². The smallest absolute Gasteiger partial charge is 0.406 e. The van der Waals surface area contributed by atoms with Gasteiger partial charge in [-0.1, -0.05) is 20.3 Å². The Labute approximate surface area is 103 Å². The van der Waals surface area contributed by atoms with Crippen molar-refractivity contribution < 1.29 is 22.3 Å². The number of alkyl halides is 3. The Kier molecular flexibility index (Phi) is 4.56. The van der Waals surface area contributed by atoms with Crippen molar-refractivity contribution >= 4 is 0 Å². The normalized spacial score (nSPS) is 15.3. The van der Waals surface area contributed by atoms with Gasteiger partial charge in [0, 0.05) is 11.6 Å². The fraction of sp³-hybridized carbons (Fsp3) is 0.500. The third-order valence-corrected chi connectivity index (χ3v) is 2.82. The summed E-state index contributed by atoms with van der Waals surface area (Å²) in [4.78, 5) is 0. The minimum Gasteiger partial charge on any atom is -0.406 e. The van der Waals surface area contributed by atoms with Crippen LogP contribution < -0.4 is 10.5 Å². The van der Waals surface area contributed by atoms with Gasteiger partial charge in [-0.2, -0.15) is 0 Å².